The van der Waals surface area contributed by atoms with E-state index in [4.69, 9.17) is 15.0 Å². The standard InChI is InChI=1S/C29H27N3O/c1-19-17-32(18-20(2)33-19)25-13-11-24(12-14-25)28-16-31-29-26(21(28)3)5-4-6-27(29)23-9-7-22(15-30)8-10-23/h4-14,16,19-20H,17-18H2,1-3H3. The van der Waals surface area contributed by atoms with E-state index in [-0.39, 0.29) is 12.2 Å². The molecule has 1 fully saturated rings. The van der Waals surface area contributed by atoms with Crippen LogP contribution in [-0.2, 0) is 4.74 Å². The topological polar surface area (TPSA) is 49.1 Å². The molecule has 0 bridgehead atoms. The molecule has 33 heavy (non-hydrogen) atoms. The lowest BCUT2D eigenvalue weighted by Crippen LogP contribution is -2.45. The second-order valence-corrected chi connectivity index (χ2v) is 8.90. The molecule has 0 aliphatic carbocycles. The highest BCUT2D eigenvalue weighted by Crippen LogP contribution is 2.34. The summed E-state index contributed by atoms with van der Waals surface area (Å²) >= 11 is 0. The molecule has 1 saturated heterocycles. The minimum Gasteiger partial charge on any atom is -0.372 e. The van der Waals surface area contributed by atoms with E-state index in [9.17, 15) is 0 Å². The number of anilines is 1. The van der Waals surface area contributed by atoms with Gasteiger partial charge in [-0.25, -0.2) is 0 Å². The zero-order chi connectivity index (χ0) is 22.9. The van der Waals surface area contributed by atoms with Gasteiger partial charge in [0.1, 0.15) is 0 Å². The lowest BCUT2D eigenvalue weighted by atomic mass is 9.95. The number of aryl methyl sites for hydroxylation is 1. The largest absolute Gasteiger partial charge is 0.372 e. The van der Waals surface area contributed by atoms with E-state index in [0.717, 1.165) is 40.7 Å². The Morgan fingerprint density at radius 1 is 0.879 bits per heavy atom. The van der Waals surface area contributed by atoms with Gasteiger partial charge in [0.2, 0.25) is 0 Å². The van der Waals surface area contributed by atoms with Crippen LogP contribution in [0.15, 0.2) is 72.9 Å². The van der Waals surface area contributed by atoms with Gasteiger partial charge < -0.3 is 9.64 Å². The summed E-state index contributed by atoms with van der Waals surface area (Å²) < 4.78 is 5.88. The SMILES string of the molecule is Cc1c(-c2ccc(N3CC(C)OC(C)C3)cc2)cnc2c(-c3ccc(C#N)cc3)cccc12. The molecule has 0 radical (unpaired) electrons. The van der Waals surface area contributed by atoms with Crippen LogP contribution < -0.4 is 4.90 Å². The molecule has 164 valence electrons. The first-order valence-electron chi connectivity index (χ1n) is 11.4. The summed E-state index contributed by atoms with van der Waals surface area (Å²) in [5.74, 6) is 0. The van der Waals surface area contributed by atoms with Crippen molar-refractivity contribution in [2.75, 3.05) is 18.0 Å². The smallest absolute Gasteiger partial charge is 0.0991 e. The second kappa shape index (κ2) is 8.69. The second-order valence-electron chi connectivity index (χ2n) is 8.90. The summed E-state index contributed by atoms with van der Waals surface area (Å²) in [7, 11) is 0. The highest BCUT2D eigenvalue weighted by atomic mass is 16.5. The first kappa shape index (κ1) is 21.2. The minimum atomic E-state index is 0.241. The van der Waals surface area contributed by atoms with Crippen LogP contribution in [0.3, 0.4) is 0 Å². The van der Waals surface area contributed by atoms with Crippen molar-refractivity contribution in [2.24, 2.45) is 0 Å². The van der Waals surface area contributed by atoms with Crippen molar-refractivity contribution in [1.82, 2.24) is 4.98 Å². The molecular weight excluding hydrogens is 406 g/mol. The van der Waals surface area contributed by atoms with Crippen LogP contribution in [0, 0.1) is 18.3 Å². The summed E-state index contributed by atoms with van der Waals surface area (Å²) in [4.78, 5) is 7.28. The van der Waals surface area contributed by atoms with Crippen LogP contribution in [0.2, 0.25) is 0 Å². The number of fused-ring (bicyclic) bond motifs is 1. The quantitative estimate of drug-likeness (QED) is 0.377. The third kappa shape index (κ3) is 4.08. The average Bonchev–Trinajstić information content (AvgIpc) is 2.84. The van der Waals surface area contributed by atoms with Crippen LogP contribution in [0.5, 0.6) is 0 Å². The molecule has 0 amide bonds. The number of hydrogen-bond acceptors (Lipinski definition) is 4. The summed E-state index contributed by atoms with van der Waals surface area (Å²) in [6.45, 7) is 8.26. The molecule has 1 aliphatic heterocycles. The lowest BCUT2D eigenvalue weighted by Gasteiger charge is -2.36. The number of rotatable bonds is 3. The molecule has 5 rings (SSSR count). The molecule has 3 aromatic carbocycles. The van der Waals surface area contributed by atoms with Crippen LogP contribution >= 0.6 is 0 Å². The minimum absolute atomic E-state index is 0.241. The highest BCUT2D eigenvalue weighted by molar-refractivity contribution is 5.98. The Morgan fingerprint density at radius 3 is 2.18 bits per heavy atom. The van der Waals surface area contributed by atoms with E-state index in [0.29, 0.717) is 5.56 Å². The van der Waals surface area contributed by atoms with Gasteiger partial charge in [-0.15, -0.1) is 0 Å². The number of aromatic nitrogens is 1. The Bertz CT molecular complexity index is 1330. The van der Waals surface area contributed by atoms with Crippen LogP contribution in [0.4, 0.5) is 5.69 Å². The van der Waals surface area contributed by atoms with Gasteiger partial charge in [0.15, 0.2) is 0 Å². The Balaban J connectivity index is 1.49. The summed E-state index contributed by atoms with van der Waals surface area (Å²) in [6, 6.07) is 25.0. The molecule has 4 heteroatoms. The molecule has 2 heterocycles. The Kier molecular flexibility index (Phi) is 5.58. The van der Waals surface area contributed by atoms with E-state index in [1.54, 1.807) is 0 Å². The predicted molar refractivity (Wildman–Crippen MR) is 134 cm³/mol. The van der Waals surface area contributed by atoms with Crippen molar-refractivity contribution in [2.45, 2.75) is 33.0 Å². The molecule has 2 unspecified atom stereocenters. The van der Waals surface area contributed by atoms with E-state index in [1.807, 2.05) is 30.5 Å². The number of pyridine rings is 1. The fourth-order valence-electron chi connectivity index (χ4n) is 4.85. The van der Waals surface area contributed by atoms with Crippen molar-refractivity contribution in [3.63, 3.8) is 0 Å². The summed E-state index contributed by atoms with van der Waals surface area (Å²) in [5, 5.41) is 10.2. The first-order chi connectivity index (χ1) is 16.0. The third-order valence-corrected chi connectivity index (χ3v) is 6.45. The number of morpholine rings is 1. The van der Waals surface area contributed by atoms with Gasteiger partial charge in [-0.3, -0.25) is 4.98 Å². The van der Waals surface area contributed by atoms with Crippen molar-refractivity contribution >= 4 is 16.6 Å². The number of hydrogen-bond donors (Lipinski definition) is 0. The molecule has 4 aromatic rings. The van der Waals surface area contributed by atoms with Crippen molar-refractivity contribution in [1.29, 1.82) is 5.26 Å². The van der Waals surface area contributed by atoms with Crippen LogP contribution in [0.1, 0.15) is 25.0 Å². The molecule has 0 spiro atoms. The monoisotopic (exact) mass is 433 g/mol. The van der Waals surface area contributed by atoms with Gasteiger partial charge >= 0.3 is 0 Å². The van der Waals surface area contributed by atoms with E-state index in [2.05, 4.69) is 74.2 Å². The van der Waals surface area contributed by atoms with Gasteiger partial charge in [0.05, 0.1) is 29.4 Å². The number of benzene rings is 3. The van der Waals surface area contributed by atoms with E-state index >= 15 is 0 Å². The van der Waals surface area contributed by atoms with E-state index in [1.165, 1.54) is 16.8 Å². The predicted octanol–water partition coefficient (Wildman–Crippen LogP) is 6.36. The number of nitrogens with zero attached hydrogens (tertiary/aromatic N) is 3. The van der Waals surface area contributed by atoms with Crippen LogP contribution in [0.25, 0.3) is 33.2 Å². The van der Waals surface area contributed by atoms with Gasteiger partial charge in [-0.05, 0) is 61.7 Å². The normalized spacial score (nSPS) is 18.3. The van der Waals surface area contributed by atoms with Crippen LogP contribution in [-0.4, -0.2) is 30.3 Å². The lowest BCUT2D eigenvalue weighted by molar-refractivity contribution is -0.00521. The fourth-order valence-corrected chi connectivity index (χ4v) is 4.85. The molecule has 0 saturated carbocycles. The highest BCUT2D eigenvalue weighted by Gasteiger charge is 2.22. The Labute approximate surface area is 195 Å². The van der Waals surface area contributed by atoms with Crippen molar-refractivity contribution in [3.8, 4) is 28.3 Å². The number of ether oxygens (including phenoxy) is 1. The fraction of sp³-hybridized carbons (Fsp3) is 0.241. The molecule has 1 aromatic heterocycles. The zero-order valence-corrected chi connectivity index (χ0v) is 19.2. The zero-order valence-electron chi connectivity index (χ0n) is 19.2. The van der Waals surface area contributed by atoms with Gasteiger partial charge in [0, 0.05) is 41.5 Å². The molecule has 2 atom stereocenters. The first-order valence-corrected chi connectivity index (χ1v) is 11.4. The molecule has 0 N–H and O–H groups in total. The van der Waals surface area contributed by atoms with E-state index < -0.39 is 0 Å². The summed E-state index contributed by atoms with van der Waals surface area (Å²) in [5.41, 5.74) is 8.56. The molecule has 4 nitrogen and oxygen atoms in total. The van der Waals surface area contributed by atoms with Gasteiger partial charge in [-0.1, -0.05) is 42.5 Å². The maximum Gasteiger partial charge on any atom is 0.0991 e. The maximum atomic E-state index is 9.09. The van der Waals surface area contributed by atoms with Crippen molar-refractivity contribution < 1.29 is 4.74 Å². The molecular formula is C29H27N3O. The Morgan fingerprint density at radius 2 is 1.52 bits per heavy atom. The Hall–Kier alpha value is -3.68. The molecule has 1 aliphatic rings. The third-order valence-electron chi connectivity index (χ3n) is 6.45. The maximum absolute atomic E-state index is 9.09. The summed E-state index contributed by atoms with van der Waals surface area (Å²) in [6.07, 6.45) is 2.47. The average molecular weight is 434 g/mol. The number of nitriles is 1. The van der Waals surface area contributed by atoms with Gasteiger partial charge in [-0.2, -0.15) is 5.26 Å². The number of para-hydroxylation sites is 1. The van der Waals surface area contributed by atoms with Crippen molar-refractivity contribution in [3.05, 3.63) is 84.1 Å². The van der Waals surface area contributed by atoms with Gasteiger partial charge in [0.25, 0.3) is 0 Å².